The van der Waals surface area contributed by atoms with Crippen LogP contribution in [0.15, 0.2) is 49.1 Å². The molecule has 3 rings (SSSR count). The summed E-state index contributed by atoms with van der Waals surface area (Å²) in [5, 5.41) is 17.2. The molecule has 8 heteroatoms. The van der Waals surface area contributed by atoms with E-state index in [0.717, 1.165) is 5.39 Å². The second kappa shape index (κ2) is 7.88. The molecule has 0 atom stereocenters. The zero-order valence-corrected chi connectivity index (χ0v) is 15.1. The Balaban J connectivity index is 0.00000243. The Morgan fingerprint density at radius 3 is 2.58 bits per heavy atom. The highest BCUT2D eigenvalue weighted by molar-refractivity contribution is 6.08. The summed E-state index contributed by atoms with van der Waals surface area (Å²) < 4.78 is 3.57. The van der Waals surface area contributed by atoms with E-state index in [0.29, 0.717) is 16.8 Å². The molecule has 0 aliphatic carbocycles. The molecule has 0 aliphatic rings. The van der Waals surface area contributed by atoms with Crippen molar-refractivity contribution in [2.45, 2.75) is 13.5 Å². The highest BCUT2D eigenvalue weighted by atomic mass is 35.5. The number of phenols is 1. The van der Waals surface area contributed by atoms with Crippen LogP contribution in [-0.2, 0) is 23.2 Å². The molecule has 2 amide bonds. The van der Waals surface area contributed by atoms with Crippen LogP contribution < -0.4 is 27.6 Å². The first-order valence-corrected chi connectivity index (χ1v) is 7.77. The van der Waals surface area contributed by atoms with E-state index in [4.69, 9.17) is 0 Å². The minimum Gasteiger partial charge on any atom is -1.00 e. The molecule has 1 heterocycles. The van der Waals surface area contributed by atoms with Crippen molar-refractivity contribution in [3.63, 3.8) is 0 Å². The molecule has 0 saturated carbocycles. The van der Waals surface area contributed by atoms with Crippen LogP contribution in [-0.4, -0.2) is 21.5 Å². The average Bonchev–Trinajstić information content (AvgIpc) is 2.94. The molecule has 0 saturated heterocycles. The van der Waals surface area contributed by atoms with E-state index in [1.165, 1.54) is 6.92 Å². The summed E-state index contributed by atoms with van der Waals surface area (Å²) in [6, 6.07) is 8.74. The first-order chi connectivity index (χ1) is 11.9. The predicted octanol–water partition coefficient (Wildman–Crippen LogP) is -1.23. The van der Waals surface area contributed by atoms with Crippen molar-refractivity contribution in [1.82, 2.24) is 4.57 Å². The first-order valence-electron chi connectivity index (χ1n) is 7.77. The van der Waals surface area contributed by atoms with Crippen LogP contribution in [0.25, 0.3) is 10.8 Å². The molecule has 26 heavy (non-hydrogen) atoms. The minimum atomic E-state index is -0.261. The van der Waals surface area contributed by atoms with Gasteiger partial charge in [0.15, 0.2) is 6.54 Å². The number of hydrogen-bond donors (Lipinski definition) is 3. The van der Waals surface area contributed by atoms with Crippen molar-refractivity contribution >= 4 is 34.0 Å². The van der Waals surface area contributed by atoms with Crippen LogP contribution >= 0.6 is 0 Å². The lowest BCUT2D eigenvalue weighted by atomic mass is 10.1. The Hall–Kier alpha value is -3.06. The first kappa shape index (κ1) is 19.3. The van der Waals surface area contributed by atoms with Crippen molar-refractivity contribution in [3.05, 3.63) is 49.1 Å². The smallest absolute Gasteiger partial charge is 0.266 e. The Morgan fingerprint density at radius 1 is 1.15 bits per heavy atom. The number of nitrogens with zero attached hydrogens (tertiary/aromatic N) is 2. The molecular weight excluding hydrogens is 356 g/mol. The predicted molar refractivity (Wildman–Crippen MR) is 94.2 cm³/mol. The monoisotopic (exact) mass is 374 g/mol. The number of amides is 2. The summed E-state index contributed by atoms with van der Waals surface area (Å²) in [6.45, 7) is 1.53. The van der Waals surface area contributed by atoms with Gasteiger partial charge in [0, 0.05) is 12.3 Å². The molecule has 1 aromatic heterocycles. The van der Waals surface area contributed by atoms with E-state index >= 15 is 0 Å². The van der Waals surface area contributed by atoms with E-state index in [1.807, 2.05) is 23.9 Å². The maximum Gasteiger partial charge on any atom is 0.266 e. The molecule has 0 radical (unpaired) electrons. The highest BCUT2D eigenvalue weighted by Gasteiger charge is 2.15. The second-order valence-electron chi connectivity index (χ2n) is 5.85. The molecule has 7 nitrogen and oxygen atoms in total. The summed E-state index contributed by atoms with van der Waals surface area (Å²) in [5.41, 5.74) is 0.794. The number of hydrogen-bond acceptors (Lipinski definition) is 3. The molecule has 3 N–H and O–H groups in total. The third kappa shape index (κ3) is 4.12. The molecular formula is C18H19ClN4O3. The SMILES string of the molecule is CC(=O)Nc1cccc2ccc(NC(=O)Cn3cc[n+](C)c3)c(O)c12.[Cl-]. The van der Waals surface area contributed by atoms with Crippen molar-refractivity contribution in [2.75, 3.05) is 10.6 Å². The van der Waals surface area contributed by atoms with Crippen LogP contribution in [0, 0.1) is 0 Å². The highest BCUT2D eigenvalue weighted by Crippen LogP contribution is 2.37. The Kier molecular flexibility index (Phi) is 5.84. The van der Waals surface area contributed by atoms with Gasteiger partial charge in [-0.3, -0.25) is 9.59 Å². The Labute approximate surface area is 156 Å². The number of phenolic OH excluding ortho intramolecular Hbond substituents is 1. The van der Waals surface area contributed by atoms with Crippen LogP contribution in [0.3, 0.4) is 0 Å². The standard InChI is InChI=1S/C18H18N4O3.ClH/c1-12(23)19-14-5-3-4-13-6-7-15(18(25)17(13)14)20-16(24)10-22-9-8-21(2)11-22;/h3-9,11H,10H2,1-2H3,(H2-,19,20,23,24,25);1H. The summed E-state index contributed by atoms with van der Waals surface area (Å²) in [5.74, 6) is -0.571. The zero-order valence-electron chi connectivity index (χ0n) is 14.4. The lowest BCUT2D eigenvalue weighted by molar-refractivity contribution is -0.671. The fourth-order valence-electron chi connectivity index (χ4n) is 2.71. The molecule has 0 fully saturated rings. The number of aromatic hydroxyl groups is 1. The van der Waals surface area contributed by atoms with E-state index < -0.39 is 0 Å². The zero-order chi connectivity index (χ0) is 18.0. The summed E-state index contributed by atoms with van der Waals surface area (Å²) in [4.78, 5) is 23.6. The largest absolute Gasteiger partial charge is 1.00 e. The lowest BCUT2D eigenvalue weighted by Crippen LogP contribution is -3.00. The van der Waals surface area contributed by atoms with Crippen molar-refractivity contribution < 1.29 is 31.7 Å². The average molecular weight is 375 g/mol. The summed E-state index contributed by atoms with van der Waals surface area (Å²) >= 11 is 0. The Bertz CT molecular complexity index is 968. The van der Waals surface area contributed by atoms with Gasteiger partial charge >= 0.3 is 0 Å². The van der Waals surface area contributed by atoms with Crippen LogP contribution in [0.5, 0.6) is 5.75 Å². The summed E-state index contributed by atoms with van der Waals surface area (Å²) in [6.07, 6.45) is 5.41. The van der Waals surface area contributed by atoms with Gasteiger partial charge < -0.3 is 28.1 Å². The molecule has 2 aromatic carbocycles. The van der Waals surface area contributed by atoms with Crippen molar-refractivity contribution in [2.24, 2.45) is 7.05 Å². The van der Waals surface area contributed by atoms with E-state index in [9.17, 15) is 14.7 Å². The van der Waals surface area contributed by atoms with Gasteiger partial charge in [-0.05, 0) is 17.5 Å². The molecule has 0 aliphatic heterocycles. The topological polar surface area (TPSA) is 87.2 Å². The third-order valence-electron chi connectivity index (χ3n) is 3.75. The number of halogens is 1. The van der Waals surface area contributed by atoms with Gasteiger partial charge in [0.1, 0.15) is 18.1 Å². The molecule has 0 unspecified atom stereocenters. The lowest BCUT2D eigenvalue weighted by Gasteiger charge is -2.12. The molecule has 136 valence electrons. The van der Waals surface area contributed by atoms with Gasteiger partial charge in [-0.25, -0.2) is 9.13 Å². The number of carbonyl (C=O) groups is 2. The van der Waals surface area contributed by atoms with Crippen LogP contribution in [0.4, 0.5) is 11.4 Å². The van der Waals surface area contributed by atoms with Gasteiger partial charge in [-0.1, -0.05) is 18.2 Å². The van der Waals surface area contributed by atoms with Gasteiger partial charge in [0.2, 0.25) is 12.2 Å². The van der Waals surface area contributed by atoms with Gasteiger partial charge in [-0.15, -0.1) is 0 Å². The van der Waals surface area contributed by atoms with Crippen molar-refractivity contribution in [3.8, 4) is 5.75 Å². The number of rotatable bonds is 4. The number of aryl methyl sites for hydroxylation is 1. The number of fused-ring (bicyclic) bond motifs is 1. The molecule has 0 spiro atoms. The van der Waals surface area contributed by atoms with Crippen LogP contribution in [0.2, 0.25) is 0 Å². The number of aromatic nitrogens is 2. The summed E-state index contributed by atoms with van der Waals surface area (Å²) in [7, 11) is 1.87. The molecule has 3 aromatic rings. The van der Waals surface area contributed by atoms with Crippen molar-refractivity contribution in [1.29, 1.82) is 0 Å². The van der Waals surface area contributed by atoms with Gasteiger partial charge in [0.25, 0.3) is 5.91 Å². The number of carbonyl (C=O) groups excluding carboxylic acids is 2. The number of benzene rings is 2. The number of nitrogens with one attached hydrogen (secondary N) is 2. The second-order valence-corrected chi connectivity index (χ2v) is 5.85. The van der Waals surface area contributed by atoms with E-state index in [1.54, 1.807) is 41.4 Å². The Morgan fingerprint density at radius 2 is 1.92 bits per heavy atom. The normalized spacial score (nSPS) is 10.2. The van der Waals surface area contributed by atoms with Gasteiger partial charge in [0.05, 0.1) is 18.4 Å². The minimum absolute atomic E-state index is 0. The fraction of sp³-hybridized carbons (Fsp3) is 0.167. The number of imidazole rings is 1. The van der Waals surface area contributed by atoms with E-state index in [2.05, 4.69) is 10.6 Å². The fourth-order valence-corrected chi connectivity index (χ4v) is 2.71. The van der Waals surface area contributed by atoms with Gasteiger partial charge in [-0.2, -0.15) is 0 Å². The third-order valence-corrected chi connectivity index (χ3v) is 3.75. The van der Waals surface area contributed by atoms with E-state index in [-0.39, 0.29) is 36.5 Å². The maximum atomic E-state index is 12.2. The number of anilines is 2. The quantitative estimate of drug-likeness (QED) is 0.395. The maximum absolute atomic E-state index is 12.2. The van der Waals surface area contributed by atoms with Crippen LogP contribution in [0.1, 0.15) is 6.92 Å². The molecule has 0 bridgehead atoms.